The summed E-state index contributed by atoms with van der Waals surface area (Å²) in [5.74, 6) is -1.04. The lowest BCUT2D eigenvalue weighted by molar-refractivity contribution is -0.136. The maximum Gasteiger partial charge on any atom is 0.307 e. The van der Waals surface area contributed by atoms with Crippen molar-refractivity contribution in [3.05, 3.63) is 70.3 Å². The normalized spacial score (nSPS) is 11.1. The van der Waals surface area contributed by atoms with E-state index in [0.29, 0.717) is 21.8 Å². The van der Waals surface area contributed by atoms with E-state index in [2.05, 4.69) is 28.8 Å². The first-order chi connectivity index (χ1) is 14.7. The zero-order valence-electron chi connectivity index (χ0n) is 17.9. The minimum atomic E-state index is -0.940. The SMILES string of the molecule is CC(C)c1c(C(=O)Nc2cc(CC(=O)O)ccc2Cl)ccn1CCCc1cnn(C)c1. The van der Waals surface area contributed by atoms with Crippen molar-refractivity contribution in [2.75, 3.05) is 5.32 Å². The Morgan fingerprint density at radius 3 is 2.65 bits per heavy atom. The first-order valence-corrected chi connectivity index (χ1v) is 10.6. The van der Waals surface area contributed by atoms with E-state index in [9.17, 15) is 9.59 Å². The van der Waals surface area contributed by atoms with Crippen molar-refractivity contribution < 1.29 is 14.7 Å². The van der Waals surface area contributed by atoms with Crippen molar-refractivity contribution in [3.8, 4) is 0 Å². The van der Waals surface area contributed by atoms with Gasteiger partial charge in [-0.2, -0.15) is 5.10 Å². The summed E-state index contributed by atoms with van der Waals surface area (Å²) >= 11 is 6.23. The van der Waals surface area contributed by atoms with Gasteiger partial charge in [-0.25, -0.2) is 0 Å². The van der Waals surface area contributed by atoms with Gasteiger partial charge in [-0.3, -0.25) is 14.3 Å². The molecule has 0 spiro atoms. The van der Waals surface area contributed by atoms with Crippen LogP contribution in [0, 0.1) is 0 Å². The predicted octanol–water partition coefficient (Wildman–Crippen LogP) is 4.51. The van der Waals surface area contributed by atoms with E-state index in [4.69, 9.17) is 16.7 Å². The van der Waals surface area contributed by atoms with Gasteiger partial charge < -0.3 is 15.0 Å². The van der Waals surface area contributed by atoms with Gasteiger partial charge in [0.15, 0.2) is 0 Å². The van der Waals surface area contributed by atoms with Crippen LogP contribution in [-0.2, 0) is 31.2 Å². The van der Waals surface area contributed by atoms with Crippen molar-refractivity contribution in [2.24, 2.45) is 7.05 Å². The largest absolute Gasteiger partial charge is 0.481 e. The Hall–Kier alpha value is -3.06. The van der Waals surface area contributed by atoms with E-state index in [1.54, 1.807) is 22.9 Å². The van der Waals surface area contributed by atoms with Gasteiger partial charge >= 0.3 is 5.97 Å². The number of aryl methyl sites for hydroxylation is 3. The maximum atomic E-state index is 13.0. The quantitative estimate of drug-likeness (QED) is 0.510. The molecule has 0 unspecified atom stereocenters. The smallest absolute Gasteiger partial charge is 0.307 e. The number of carbonyl (C=O) groups excluding carboxylic acids is 1. The minimum absolute atomic E-state index is 0.134. The van der Waals surface area contributed by atoms with Crippen molar-refractivity contribution >= 4 is 29.2 Å². The number of nitrogens with one attached hydrogen (secondary N) is 1. The van der Waals surface area contributed by atoms with E-state index in [0.717, 1.165) is 25.1 Å². The Morgan fingerprint density at radius 2 is 2.00 bits per heavy atom. The lowest BCUT2D eigenvalue weighted by Gasteiger charge is -2.15. The van der Waals surface area contributed by atoms with Crippen LogP contribution >= 0.6 is 11.6 Å². The molecule has 8 heteroatoms. The number of hydrogen-bond acceptors (Lipinski definition) is 3. The number of anilines is 1. The van der Waals surface area contributed by atoms with Crippen molar-refractivity contribution in [1.29, 1.82) is 0 Å². The first-order valence-electron chi connectivity index (χ1n) is 10.2. The fourth-order valence-electron chi connectivity index (χ4n) is 3.71. The van der Waals surface area contributed by atoms with Crippen LogP contribution in [-0.4, -0.2) is 31.3 Å². The molecule has 2 aromatic heterocycles. The van der Waals surface area contributed by atoms with Crippen molar-refractivity contribution in [2.45, 2.75) is 45.6 Å². The molecule has 0 bridgehead atoms. The molecule has 0 fully saturated rings. The molecule has 0 saturated carbocycles. The molecule has 2 N–H and O–H groups in total. The van der Waals surface area contributed by atoms with Crippen LogP contribution in [0.5, 0.6) is 0 Å². The molecule has 0 saturated heterocycles. The highest BCUT2D eigenvalue weighted by Gasteiger charge is 2.19. The second kappa shape index (κ2) is 9.83. The van der Waals surface area contributed by atoms with Crippen LogP contribution in [0.4, 0.5) is 5.69 Å². The molecule has 0 aliphatic carbocycles. The number of carbonyl (C=O) groups is 2. The van der Waals surface area contributed by atoms with E-state index in [1.807, 2.05) is 31.7 Å². The molecule has 0 aliphatic rings. The van der Waals surface area contributed by atoms with Crippen LogP contribution in [0.15, 0.2) is 42.9 Å². The standard InChI is InChI=1S/C23H27ClN4O3/c1-15(2)22-18(8-10-28(22)9-4-5-17-13-25-27(3)14-17)23(31)26-20-11-16(12-21(29)30)6-7-19(20)24/h6-8,10-11,13-15H,4-5,9,12H2,1-3H3,(H,26,31)(H,29,30). The molecule has 0 aliphatic heterocycles. The average molecular weight is 443 g/mol. The second-order valence-electron chi connectivity index (χ2n) is 7.93. The van der Waals surface area contributed by atoms with Gasteiger partial charge in [0.25, 0.3) is 5.91 Å². The van der Waals surface area contributed by atoms with Gasteiger partial charge in [-0.15, -0.1) is 0 Å². The molecule has 164 valence electrons. The number of halogens is 1. The molecule has 7 nitrogen and oxygen atoms in total. The summed E-state index contributed by atoms with van der Waals surface area (Å²) in [6, 6.07) is 6.67. The van der Waals surface area contributed by atoms with Crippen LogP contribution in [0.1, 0.15) is 53.4 Å². The Bertz CT molecular complexity index is 1080. The second-order valence-corrected chi connectivity index (χ2v) is 8.33. The topological polar surface area (TPSA) is 89.2 Å². The van der Waals surface area contributed by atoms with Gasteiger partial charge in [0.05, 0.1) is 28.9 Å². The molecular formula is C23H27ClN4O3. The Labute approximate surface area is 186 Å². The van der Waals surface area contributed by atoms with E-state index in [-0.39, 0.29) is 18.2 Å². The highest BCUT2D eigenvalue weighted by atomic mass is 35.5. The first kappa shape index (κ1) is 22.6. The zero-order chi connectivity index (χ0) is 22.5. The summed E-state index contributed by atoms with van der Waals surface area (Å²) in [6.45, 7) is 4.92. The molecule has 2 heterocycles. The summed E-state index contributed by atoms with van der Waals surface area (Å²) in [6.07, 6.45) is 7.54. The number of amides is 1. The number of hydrogen-bond donors (Lipinski definition) is 2. The third-order valence-corrected chi connectivity index (χ3v) is 5.38. The number of rotatable bonds is 9. The highest BCUT2D eigenvalue weighted by Crippen LogP contribution is 2.27. The Balaban J connectivity index is 1.74. The molecule has 3 rings (SSSR count). The summed E-state index contributed by atoms with van der Waals surface area (Å²) in [5, 5.41) is 16.4. The Kier molecular flexibility index (Phi) is 7.17. The molecule has 0 radical (unpaired) electrons. The third-order valence-electron chi connectivity index (χ3n) is 5.06. The van der Waals surface area contributed by atoms with E-state index >= 15 is 0 Å². The van der Waals surface area contributed by atoms with Gasteiger partial charge in [-0.1, -0.05) is 31.5 Å². The number of benzene rings is 1. The number of aromatic nitrogens is 3. The van der Waals surface area contributed by atoms with E-state index in [1.165, 1.54) is 5.56 Å². The molecular weight excluding hydrogens is 416 g/mol. The number of carboxylic acids is 1. The molecule has 0 atom stereocenters. The predicted molar refractivity (Wildman–Crippen MR) is 121 cm³/mol. The fourth-order valence-corrected chi connectivity index (χ4v) is 3.88. The van der Waals surface area contributed by atoms with Gasteiger partial charge in [-0.05, 0) is 48.1 Å². The molecule has 1 aromatic carbocycles. The van der Waals surface area contributed by atoms with Gasteiger partial charge in [0.1, 0.15) is 0 Å². The van der Waals surface area contributed by atoms with Gasteiger partial charge in [0.2, 0.25) is 0 Å². The fraction of sp³-hybridized carbons (Fsp3) is 0.348. The third kappa shape index (κ3) is 5.76. The summed E-state index contributed by atoms with van der Waals surface area (Å²) in [7, 11) is 1.90. The number of aliphatic carboxylic acids is 1. The van der Waals surface area contributed by atoms with Crippen molar-refractivity contribution in [3.63, 3.8) is 0 Å². The maximum absolute atomic E-state index is 13.0. The van der Waals surface area contributed by atoms with E-state index < -0.39 is 5.97 Å². The summed E-state index contributed by atoms with van der Waals surface area (Å²) in [5.41, 5.74) is 3.72. The van der Waals surface area contributed by atoms with Crippen LogP contribution in [0.2, 0.25) is 5.02 Å². The zero-order valence-corrected chi connectivity index (χ0v) is 18.7. The van der Waals surface area contributed by atoms with Crippen LogP contribution in [0.25, 0.3) is 0 Å². The summed E-state index contributed by atoms with van der Waals surface area (Å²) in [4.78, 5) is 24.0. The number of nitrogens with zero attached hydrogens (tertiary/aromatic N) is 3. The lowest BCUT2D eigenvalue weighted by Crippen LogP contribution is -2.16. The van der Waals surface area contributed by atoms with Crippen LogP contribution in [0.3, 0.4) is 0 Å². The monoisotopic (exact) mass is 442 g/mol. The minimum Gasteiger partial charge on any atom is -0.481 e. The molecule has 31 heavy (non-hydrogen) atoms. The highest BCUT2D eigenvalue weighted by molar-refractivity contribution is 6.34. The van der Waals surface area contributed by atoms with Crippen molar-refractivity contribution in [1.82, 2.24) is 14.3 Å². The average Bonchev–Trinajstić information content (AvgIpc) is 3.30. The Morgan fingerprint density at radius 1 is 1.23 bits per heavy atom. The van der Waals surface area contributed by atoms with Gasteiger partial charge in [0, 0.05) is 31.7 Å². The summed E-state index contributed by atoms with van der Waals surface area (Å²) < 4.78 is 3.92. The molecule has 3 aromatic rings. The number of carboxylic acid groups (broad SMARTS) is 1. The molecule has 1 amide bonds. The lowest BCUT2D eigenvalue weighted by atomic mass is 10.0. The van der Waals surface area contributed by atoms with Crippen LogP contribution < -0.4 is 5.32 Å².